The summed E-state index contributed by atoms with van der Waals surface area (Å²) in [5.41, 5.74) is 0. The zero-order valence-corrected chi connectivity index (χ0v) is 10.6. The zero-order chi connectivity index (χ0) is 12.4. The normalized spacial score (nSPS) is 20.9. The van der Waals surface area contributed by atoms with Gasteiger partial charge in [-0.2, -0.15) is 4.98 Å². The molecule has 0 aromatic carbocycles. The first kappa shape index (κ1) is 12.1. The minimum atomic E-state index is 0.0563. The van der Waals surface area contributed by atoms with Gasteiger partial charge in [-0.3, -0.25) is 4.79 Å². The average molecular weight is 237 g/mol. The van der Waals surface area contributed by atoms with Crippen LogP contribution in [0.5, 0.6) is 0 Å². The summed E-state index contributed by atoms with van der Waals surface area (Å²) < 4.78 is 5.00. The average Bonchev–Trinajstić information content (AvgIpc) is 2.75. The maximum Gasteiger partial charge on any atom is 0.225 e. The van der Waals surface area contributed by atoms with Gasteiger partial charge in [0.25, 0.3) is 0 Å². The van der Waals surface area contributed by atoms with Crippen LogP contribution in [0.1, 0.15) is 44.3 Å². The fourth-order valence-electron chi connectivity index (χ4n) is 2.23. The lowest BCUT2D eigenvalue weighted by Crippen LogP contribution is -2.41. The fourth-order valence-corrected chi connectivity index (χ4v) is 2.23. The van der Waals surface area contributed by atoms with E-state index < -0.39 is 0 Å². The number of amides is 1. The van der Waals surface area contributed by atoms with E-state index >= 15 is 0 Å². The predicted octanol–water partition coefficient (Wildman–Crippen LogP) is 1.74. The molecule has 0 bridgehead atoms. The number of nitrogens with zero attached hydrogens (tertiary/aromatic N) is 3. The van der Waals surface area contributed by atoms with Crippen LogP contribution in [-0.2, 0) is 4.79 Å². The number of rotatable bonds is 2. The zero-order valence-electron chi connectivity index (χ0n) is 10.6. The molecular formula is C12H19N3O2. The van der Waals surface area contributed by atoms with Gasteiger partial charge < -0.3 is 9.42 Å². The number of aromatic nitrogens is 2. The third-order valence-electron chi connectivity index (χ3n) is 3.14. The van der Waals surface area contributed by atoms with Gasteiger partial charge in [-0.05, 0) is 12.8 Å². The van der Waals surface area contributed by atoms with Crippen LogP contribution in [0.3, 0.4) is 0 Å². The molecular weight excluding hydrogens is 218 g/mol. The Kier molecular flexibility index (Phi) is 3.45. The Morgan fingerprint density at radius 1 is 1.53 bits per heavy atom. The first-order valence-corrected chi connectivity index (χ1v) is 6.17. The molecule has 94 valence electrons. The largest absolute Gasteiger partial charge is 0.342 e. The molecule has 1 fully saturated rings. The summed E-state index contributed by atoms with van der Waals surface area (Å²) in [6.07, 6.45) is 2.04. The molecule has 1 aromatic rings. The van der Waals surface area contributed by atoms with Gasteiger partial charge >= 0.3 is 0 Å². The van der Waals surface area contributed by atoms with Crippen molar-refractivity contribution in [1.82, 2.24) is 15.0 Å². The highest BCUT2D eigenvalue weighted by molar-refractivity contribution is 5.78. The third kappa shape index (κ3) is 2.65. The Morgan fingerprint density at radius 2 is 2.29 bits per heavy atom. The number of carbonyl (C=O) groups excluding carboxylic acids is 1. The smallest absolute Gasteiger partial charge is 0.225 e. The van der Waals surface area contributed by atoms with Crippen molar-refractivity contribution in [2.24, 2.45) is 5.92 Å². The fraction of sp³-hybridized carbons (Fsp3) is 0.750. The second-order valence-corrected chi connectivity index (χ2v) is 4.95. The Balaban J connectivity index is 2.04. The number of likely N-dealkylation sites (tertiary alicyclic amines) is 1. The third-order valence-corrected chi connectivity index (χ3v) is 3.14. The minimum absolute atomic E-state index is 0.0563. The maximum absolute atomic E-state index is 11.9. The molecule has 0 N–H and O–H groups in total. The molecule has 0 spiro atoms. The van der Waals surface area contributed by atoms with Crippen LogP contribution >= 0.6 is 0 Å². The number of piperidine rings is 1. The van der Waals surface area contributed by atoms with E-state index in [1.165, 1.54) is 0 Å². The van der Waals surface area contributed by atoms with Crippen LogP contribution < -0.4 is 0 Å². The van der Waals surface area contributed by atoms with E-state index in [0.717, 1.165) is 31.8 Å². The molecule has 1 aliphatic heterocycles. The van der Waals surface area contributed by atoms with Crippen LogP contribution in [0, 0.1) is 12.8 Å². The highest BCUT2D eigenvalue weighted by Crippen LogP contribution is 2.25. The van der Waals surface area contributed by atoms with E-state index in [-0.39, 0.29) is 17.7 Å². The predicted molar refractivity (Wildman–Crippen MR) is 62.4 cm³/mol. The lowest BCUT2D eigenvalue weighted by molar-refractivity contribution is -0.135. The lowest BCUT2D eigenvalue weighted by Gasteiger charge is -2.32. The molecule has 1 aromatic heterocycles. The Bertz CT molecular complexity index is 400. The van der Waals surface area contributed by atoms with Crippen LogP contribution in [-0.4, -0.2) is 34.0 Å². The first-order valence-electron chi connectivity index (χ1n) is 6.17. The van der Waals surface area contributed by atoms with Gasteiger partial charge in [0, 0.05) is 31.8 Å². The highest BCUT2D eigenvalue weighted by Gasteiger charge is 2.28. The Hall–Kier alpha value is -1.39. The number of aryl methyl sites for hydroxylation is 1. The summed E-state index contributed by atoms with van der Waals surface area (Å²) >= 11 is 0. The summed E-state index contributed by atoms with van der Waals surface area (Å²) in [7, 11) is 0. The van der Waals surface area contributed by atoms with Crippen molar-refractivity contribution in [2.45, 2.75) is 39.5 Å². The van der Waals surface area contributed by atoms with Gasteiger partial charge in [0.15, 0.2) is 5.82 Å². The van der Waals surface area contributed by atoms with Crippen molar-refractivity contribution in [2.75, 3.05) is 13.1 Å². The second kappa shape index (κ2) is 4.85. The van der Waals surface area contributed by atoms with E-state index in [4.69, 9.17) is 4.52 Å². The van der Waals surface area contributed by atoms with Crippen LogP contribution in [0.4, 0.5) is 0 Å². The molecule has 2 rings (SSSR count). The SMILES string of the molecule is Cc1nc([C@H]2CCCN(C(=O)C(C)C)C2)no1. The van der Waals surface area contributed by atoms with Crippen LogP contribution in [0.2, 0.25) is 0 Å². The Morgan fingerprint density at radius 3 is 2.88 bits per heavy atom. The molecule has 1 saturated heterocycles. The van der Waals surface area contributed by atoms with Crippen molar-refractivity contribution in [1.29, 1.82) is 0 Å². The summed E-state index contributed by atoms with van der Waals surface area (Å²) in [6, 6.07) is 0. The monoisotopic (exact) mass is 237 g/mol. The molecule has 17 heavy (non-hydrogen) atoms. The molecule has 1 atom stereocenters. The topological polar surface area (TPSA) is 59.2 Å². The van der Waals surface area contributed by atoms with E-state index in [1.54, 1.807) is 6.92 Å². The summed E-state index contributed by atoms with van der Waals surface area (Å²) in [6.45, 7) is 7.23. The number of carbonyl (C=O) groups is 1. The number of hydrogen-bond donors (Lipinski definition) is 0. The lowest BCUT2D eigenvalue weighted by atomic mass is 9.96. The summed E-state index contributed by atoms with van der Waals surface area (Å²) in [5, 5.41) is 3.95. The minimum Gasteiger partial charge on any atom is -0.342 e. The molecule has 5 nitrogen and oxygen atoms in total. The molecule has 2 heterocycles. The van der Waals surface area contributed by atoms with E-state index in [9.17, 15) is 4.79 Å². The second-order valence-electron chi connectivity index (χ2n) is 4.95. The quantitative estimate of drug-likeness (QED) is 0.786. The number of hydrogen-bond acceptors (Lipinski definition) is 4. The molecule has 1 aliphatic rings. The van der Waals surface area contributed by atoms with Crippen molar-refractivity contribution in [3.63, 3.8) is 0 Å². The first-order chi connectivity index (χ1) is 8.08. The van der Waals surface area contributed by atoms with Gasteiger partial charge in [-0.25, -0.2) is 0 Å². The van der Waals surface area contributed by atoms with Crippen molar-refractivity contribution < 1.29 is 9.32 Å². The molecule has 1 amide bonds. The van der Waals surface area contributed by atoms with Gasteiger partial charge in [-0.1, -0.05) is 19.0 Å². The molecule has 0 unspecified atom stereocenters. The van der Waals surface area contributed by atoms with Crippen molar-refractivity contribution in [3.8, 4) is 0 Å². The van der Waals surface area contributed by atoms with Gasteiger partial charge in [0.2, 0.25) is 11.8 Å². The summed E-state index contributed by atoms with van der Waals surface area (Å²) in [4.78, 5) is 18.1. The van der Waals surface area contributed by atoms with Crippen molar-refractivity contribution in [3.05, 3.63) is 11.7 Å². The highest BCUT2D eigenvalue weighted by atomic mass is 16.5. The summed E-state index contributed by atoms with van der Waals surface area (Å²) in [5.74, 6) is 1.83. The Labute approximate surface area is 101 Å². The molecule has 0 saturated carbocycles. The maximum atomic E-state index is 11.9. The molecule has 0 aliphatic carbocycles. The van der Waals surface area contributed by atoms with Crippen molar-refractivity contribution >= 4 is 5.91 Å². The van der Waals surface area contributed by atoms with Crippen LogP contribution in [0.15, 0.2) is 4.52 Å². The van der Waals surface area contributed by atoms with Gasteiger partial charge in [0.1, 0.15) is 0 Å². The van der Waals surface area contributed by atoms with Gasteiger partial charge in [0.05, 0.1) is 0 Å². The molecule has 0 radical (unpaired) electrons. The van der Waals surface area contributed by atoms with Gasteiger partial charge in [-0.15, -0.1) is 0 Å². The van der Waals surface area contributed by atoms with E-state index in [0.29, 0.717) is 5.89 Å². The molecule has 5 heteroatoms. The van der Waals surface area contributed by atoms with E-state index in [1.807, 2.05) is 18.7 Å². The standard InChI is InChI=1S/C12H19N3O2/c1-8(2)12(16)15-6-4-5-10(7-15)11-13-9(3)17-14-11/h8,10H,4-7H2,1-3H3/t10-/m0/s1. The van der Waals surface area contributed by atoms with Crippen LogP contribution in [0.25, 0.3) is 0 Å². The van der Waals surface area contributed by atoms with E-state index in [2.05, 4.69) is 10.1 Å².